The van der Waals surface area contributed by atoms with E-state index in [-0.39, 0.29) is 5.91 Å². The summed E-state index contributed by atoms with van der Waals surface area (Å²) in [6.45, 7) is 7.25. The Morgan fingerprint density at radius 1 is 1.44 bits per heavy atom. The minimum absolute atomic E-state index is 0.0771. The zero-order valence-electron chi connectivity index (χ0n) is 10.5. The molecule has 4 heteroatoms. The van der Waals surface area contributed by atoms with Crippen LogP contribution in [0.3, 0.4) is 0 Å². The molecule has 1 aromatic carbocycles. The van der Waals surface area contributed by atoms with Crippen LogP contribution in [0.1, 0.15) is 22.3 Å². The largest absolute Gasteiger partial charge is 0.379 e. The van der Waals surface area contributed by atoms with E-state index in [1.165, 1.54) is 0 Å². The Labute approximate surface area is 116 Å². The fourth-order valence-corrected chi connectivity index (χ4v) is 2.08. The number of nitrogens with one attached hydrogen (secondary N) is 1. The Hall–Kier alpha value is -1.13. The van der Waals surface area contributed by atoms with Gasteiger partial charge in [0.15, 0.2) is 0 Å². The third kappa shape index (κ3) is 5.47. The lowest BCUT2D eigenvalue weighted by molar-refractivity contribution is 0.0918. The van der Waals surface area contributed by atoms with Crippen LogP contribution in [0, 0.1) is 6.92 Å². The summed E-state index contributed by atoms with van der Waals surface area (Å²) in [6.07, 6.45) is 2.64. The van der Waals surface area contributed by atoms with Crippen LogP contribution in [0.25, 0.3) is 0 Å². The summed E-state index contributed by atoms with van der Waals surface area (Å²) in [7, 11) is 0. The summed E-state index contributed by atoms with van der Waals surface area (Å²) in [5.74, 6) is -0.0771. The van der Waals surface area contributed by atoms with Gasteiger partial charge in [0.2, 0.25) is 0 Å². The number of carbonyl (C=O) groups excluding carboxylic acids is 1. The van der Waals surface area contributed by atoms with Crippen molar-refractivity contribution in [3.63, 3.8) is 0 Å². The molecule has 0 unspecified atom stereocenters. The SMILES string of the molecule is C=CCCOCCNC(=O)c1cc(C)cc(Br)c1. The fourth-order valence-electron chi connectivity index (χ4n) is 1.47. The summed E-state index contributed by atoms with van der Waals surface area (Å²) in [5, 5.41) is 2.82. The number of halogens is 1. The average Bonchev–Trinajstić information content (AvgIpc) is 2.32. The molecule has 0 atom stereocenters. The molecule has 0 aliphatic rings. The van der Waals surface area contributed by atoms with E-state index < -0.39 is 0 Å². The topological polar surface area (TPSA) is 38.3 Å². The minimum Gasteiger partial charge on any atom is -0.379 e. The summed E-state index contributed by atoms with van der Waals surface area (Å²) >= 11 is 3.38. The van der Waals surface area contributed by atoms with E-state index in [1.54, 1.807) is 6.07 Å². The van der Waals surface area contributed by atoms with Gasteiger partial charge in [0.1, 0.15) is 0 Å². The molecule has 1 rings (SSSR count). The highest BCUT2D eigenvalue weighted by atomic mass is 79.9. The van der Waals surface area contributed by atoms with Gasteiger partial charge in [0, 0.05) is 16.6 Å². The lowest BCUT2D eigenvalue weighted by Crippen LogP contribution is -2.27. The smallest absolute Gasteiger partial charge is 0.251 e. The Morgan fingerprint density at radius 2 is 2.22 bits per heavy atom. The van der Waals surface area contributed by atoms with E-state index in [0.717, 1.165) is 16.5 Å². The highest BCUT2D eigenvalue weighted by Crippen LogP contribution is 2.15. The van der Waals surface area contributed by atoms with E-state index in [1.807, 2.05) is 25.1 Å². The van der Waals surface area contributed by atoms with Gasteiger partial charge in [-0.15, -0.1) is 6.58 Å². The summed E-state index contributed by atoms with van der Waals surface area (Å²) in [6, 6.07) is 5.63. The zero-order chi connectivity index (χ0) is 13.4. The summed E-state index contributed by atoms with van der Waals surface area (Å²) in [5.41, 5.74) is 1.71. The van der Waals surface area contributed by atoms with Crippen LogP contribution in [0.15, 0.2) is 35.3 Å². The van der Waals surface area contributed by atoms with E-state index in [2.05, 4.69) is 27.8 Å². The number of carbonyl (C=O) groups is 1. The Kier molecular flexibility index (Phi) is 6.68. The maximum absolute atomic E-state index is 11.8. The molecule has 0 bridgehead atoms. The van der Waals surface area contributed by atoms with Crippen molar-refractivity contribution in [2.45, 2.75) is 13.3 Å². The van der Waals surface area contributed by atoms with E-state index in [9.17, 15) is 4.79 Å². The normalized spacial score (nSPS) is 10.1. The number of hydrogen-bond acceptors (Lipinski definition) is 2. The van der Waals surface area contributed by atoms with Gasteiger partial charge in [-0.3, -0.25) is 4.79 Å². The highest BCUT2D eigenvalue weighted by Gasteiger charge is 2.06. The number of ether oxygens (including phenoxy) is 1. The van der Waals surface area contributed by atoms with Crippen molar-refractivity contribution in [2.24, 2.45) is 0 Å². The van der Waals surface area contributed by atoms with Crippen molar-refractivity contribution >= 4 is 21.8 Å². The van der Waals surface area contributed by atoms with Crippen molar-refractivity contribution in [3.8, 4) is 0 Å². The predicted molar refractivity (Wildman–Crippen MR) is 76.8 cm³/mol. The molecule has 0 aliphatic carbocycles. The number of hydrogen-bond donors (Lipinski definition) is 1. The second-order valence-corrected chi connectivity index (χ2v) is 4.88. The van der Waals surface area contributed by atoms with Crippen LogP contribution in [-0.4, -0.2) is 25.7 Å². The minimum atomic E-state index is -0.0771. The van der Waals surface area contributed by atoms with Gasteiger partial charge in [-0.05, 0) is 37.1 Å². The van der Waals surface area contributed by atoms with Gasteiger partial charge in [0.05, 0.1) is 13.2 Å². The third-order valence-corrected chi connectivity index (χ3v) is 2.76. The van der Waals surface area contributed by atoms with Crippen LogP contribution in [0.4, 0.5) is 0 Å². The molecule has 1 amide bonds. The molecule has 18 heavy (non-hydrogen) atoms. The molecule has 1 aromatic rings. The quantitative estimate of drug-likeness (QED) is 0.621. The van der Waals surface area contributed by atoms with Crippen molar-refractivity contribution < 1.29 is 9.53 Å². The van der Waals surface area contributed by atoms with Gasteiger partial charge < -0.3 is 10.1 Å². The van der Waals surface area contributed by atoms with E-state index >= 15 is 0 Å². The fraction of sp³-hybridized carbons (Fsp3) is 0.357. The van der Waals surface area contributed by atoms with Crippen molar-refractivity contribution in [1.29, 1.82) is 0 Å². The Morgan fingerprint density at radius 3 is 2.89 bits per heavy atom. The van der Waals surface area contributed by atoms with Crippen LogP contribution >= 0.6 is 15.9 Å². The molecular formula is C14H18BrNO2. The Bertz CT molecular complexity index is 398. The summed E-state index contributed by atoms with van der Waals surface area (Å²) < 4.78 is 6.22. The first-order chi connectivity index (χ1) is 8.63. The number of rotatable bonds is 7. The third-order valence-electron chi connectivity index (χ3n) is 2.30. The second kappa shape index (κ2) is 8.06. The van der Waals surface area contributed by atoms with Crippen molar-refractivity contribution in [3.05, 3.63) is 46.5 Å². The average molecular weight is 312 g/mol. The molecule has 1 N–H and O–H groups in total. The molecule has 98 valence electrons. The summed E-state index contributed by atoms with van der Waals surface area (Å²) in [4.78, 5) is 11.8. The van der Waals surface area contributed by atoms with Gasteiger partial charge >= 0.3 is 0 Å². The van der Waals surface area contributed by atoms with E-state index in [0.29, 0.717) is 25.3 Å². The standard InChI is InChI=1S/C14H18BrNO2/c1-3-4-6-18-7-5-16-14(17)12-8-11(2)9-13(15)10-12/h3,8-10H,1,4-7H2,2H3,(H,16,17). The maximum atomic E-state index is 11.8. The lowest BCUT2D eigenvalue weighted by Gasteiger charge is -2.07. The predicted octanol–water partition coefficient (Wildman–Crippen LogP) is 3.08. The van der Waals surface area contributed by atoms with Crippen LogP contribution in [0.5, 0.6) is 0 Å². The van der Waals surface area contributed by atoms with Crippen LogP contribution in [-0.2, 0) is 4.74 Å². The molecule has 3 nitrogen and oxygen atoms in total. The molecule has 0 saturated carbocycles. The molecule has 0 saturated heterocycles. The van der Waals surface area contributed by atoms with Crippen LogP contribution in [0.2, 0.25) is 0 Å². The molecule has 0 spiro atoms. The van der Waals surface area contributed by atoms with E-state index in [4.69, 9.17) is 4.74 Å². The van der Waals surface area contributed by atoms with Gasteiger partial charge in [-0.25, -0.2) is 0 Å². The Balaban J connectivity index is 2.34. The number of benzene rings is 1. The van der Waals surface area contributed by atoms with Crippen molar-refractivity contribution in [1.82, 2.24) is 5.32 Å². The first-order valence-corrected chi connectivity index (χ1v) is 6.67. The number of amides is 1. The highest BCUT2D eigenvalue weighted by molar-refractivity contribution is 9.10. The monoisotopic (exact) mass is 311 g/mol. The zero-order valence-corrected chi connectivity index (χ0v) is 12.1. The van der Waals surface area contributed by atoms with Crippen LogP contribution < -0.4 is 5.32 Å². The van der Waals surface area contributed by atoms with Crippen molar-refractivity contribution in [2.75, 3.05) is 19.8 Å². The molecule has 0 fully saturated rings. The first kappa shape index (κ1) is 14.9. The van der Waals surface area contributed by atoms with Gasteiger partial charge in [0.25, 0.3) is 5.91 Å². The lowest BCUT2D eigenvalue weighted by atomic mass is 10.1. The first-order valence-electron chi connectivity index (χ1n) is 5.87. The number of aryl methyl sites for hydroxylation is 1. The molecular weight excluding hydrogens is 294 g/mol. The van der Waals surface area contributed by atoms with Gasteiger partial charge in [-0.2, -0.15) is 0 Å². The maximum Gasteiger partial charge on any atom is 0.251 e. The second-order valence-electron chi connectivity index (χ2n) is 3.96. The molecule has 0 aromatic heterocycles. The molecule has 0 aliphatic heterocycles. The molecule has 0 heterocycles. The molecule has 0 radical (unpaired) electrons. The van der Waals surface area contributed by atoms with Gasteiger partial charge in [-0.1, -0.05) is 22.0 Å².